The van der Waals surface area contributed by atoms with Crippen molar-refractivity contribution in [2.24, 2.45) is 5.92 Å². The van der Waals surface area contributed by atoms with Crippen molar-refractivity contribution in [3.63, 3.8) is 0 Å². The van der Waals surface area contributed by atoms with Crippen LogP contribution in [0.25, 0.3) is 16.6 Å². The van der Waals surface area contributed by atoms with E-state index in [9.17, 15) is 14.0 Å². The highest BCUT2D eigenvalue weighted by molar-refractivity contribution is 5.92. The fraction of sp³-hybridized carbons (Fsp3) is 0.370. The van der Waals surface area contributed by atoms with Crippen molar-refractivity contribution in [2.45, 2.75) is 57.8 Å². The van der Waals surface area contributed by atoms with Crippen LogP contribution in [0.2, 0.25) is 0 Å². The van der Waals surface area contributed by atoms with Gasteiger partial charge in [0.1, 0.15) is 17.2 Å². The first kappa shape index (κ1) is 22.0. The molecule has 2 bridgehead atoms. The molecule has 1 unspecified atom stereocenters. The van der Waals surface area contributed by atoms with Crippen molar-refractivity contribution < 1.29 is 9.18 Å². The number of hydrogen-bond acceptors (Lipinski definition) is 4. The number of amides is 1. The summed E-state index contributed by atoms with van der Waals surface area (Å²) >= 11 is 0. The molecule has 35 heavy (non-hydrogen) atoms. The Morgan fingerprint density at radius 3 is 2.77 bits per heavy atom. The van der Waals surface area contributed by atoms with Crippen LogP contribution in [0.5, 0.6) is 0 Å². The molecule has 0 radical (unpaired) electrons. The van der Waals surface area contributed by atoms with Gasteiger partial charge in [0, 0.05) is 59.6 Å². The Bertz CT molecular complexity index is 1480. The highest BCUT2D eigenvalue weighted by Gasteiger charge is 2.39. The lowest BCUT2D eigenvalue weighted by Gasteiger charge is -2.37. The van der Waals surface area contributed by atoms with Gasteiger partial charge >= 0.3 is 0 Å². The molecule has 4 aromatic rings. The van der Waals surface area contributed by atoms with Crippen LogP contribution in [-0.4, -0.2) is 37.3 Å². The van der Waals surface area contributed by atoms with Crippen molar-refractivity contribution in [1.82, 2.24) is 24.6 Å². The molecule has 180 valence electrons. The lowest BCUT2D eigenvalue weighted by molar-refractivity contribution is 0.0945. The topological polar surface area (TPSA) is 82.5 Å². The van der Waals surface area contributed by atoms with Gasteiger partial charge in [-0.2, -0.15) is 0 Å². The Labute approximate surface area is 202 Å². The molecule has 8 heteroatoms. The summed E-state index contributed by atoms with van der Waals surface area (Å²) in [6.45, 7) is 3.20. The maximum absolute atomic E-state index is 14.8. The van der Waals surface area contributed by atoms with E-state index in [1.807, 2.05) is 6.07 Å². The monoisotopic (exact) mass is 473 g/mol. The minimum absolute atomic E-state index is 0.00103. The van der Waals surface area contributed by atoms with Crippen LogP contribution >= 0.6 is 0 Å². The molecule has 2 N–H and O–H groups in total. The summed E-state index contributed by atoms with van der Waals surface area (Å²) in [6, 6.07) is 12.9. The molecular formula is C27H28FN5O2. The van der Waals surface area contributed by atoms with Crippen molar-refractivity contribution in [1.29, 1.82) is 0 Å². The Hall–Kier alpha value is -3.52. The summed E-state index contributed by atoms with van der Waals surface area (Å²) in [5.41, 5.74) is 2.37. The molecular weight excluding hydrogens is 445 g/mol. The number of carbonyl (C=O) groups excluding carboxylic acids is 1. The van der Waals surface area contributed by atoms with Gasteiger partial charge in [-0.3, -0.25) is 18.9 Å². The van der Waals surface area contributed by atoms with Crippen LogP contribution in [0.4, 0.5) is 4.39 Å². The first-order chi connectivity index (χ1) is 16.9. The SMILES string of the molecule is CC1C[C@H]2CC[C@@H](C1)N2Cc1cc2cc(F)c(CNC(=O)c3cc(=O)n4ccccc4n3)cc2[nH]1. The minimum Gasteiger partial charge on any atom is -0.357 e. The van der Waals surface area contributed by atoms with Crippen LogP contribution < -0.4 is 10.9 Å². The zero-order valence-electron chi connectivity index (χ0n) is 19.6. The second kappa shape index (κ2) is 8.61. The third kappa shape index (κ3) is 4.12. The number of fused-ring (bicyclic) bond motifs is 4. The van der Waals surface area contributed by atoms with E-state index in [2.05, 4.69) is 27.1 Å². The number of H-pyrrole nitrogens is 1. The van der Waals surface area contributed by atoms with Gasteiger partial charge in [-0.1, -0.05) is 13.0 Å². The molecule has 3 atom stereocenters. The lowest BCUT2D eigenvalue weighted by atomic mass is 9.92. The zero-order valence-corrected chi connectivity index (χ0v) is 19.6. The van der Waals surface area contributed by atoms with E-state index in [0.29, 0.717) is 23.3 Å². The van der Waals surface area contributed by atoms with Gasteiger partial charge < -0.3 is 10.3 Å². The number of pyridine rings is 1. The summed E-state index contributed by atoms with van der Waals surface area (Å²) in [7, 11) is 0. The third-order valence-corrected chi connectivity index (χ3v) is 7.56. The van der Waals surface area contributed by atoms with Gasteiger partial charge in [0.25, 0.3) is 11.5 Å². The number of benzene rings is 1. The van der Waals surface area contributed by atoms with Crippen LogP contribution in [0.1, 0.15) is 54.4 Å². The van der Waals surface area contributed by atoms with Gasteiger partial charge in [0.15, 0.2) is 0 Å². The molecule has 1 amide bonds. The van der Waals surface area contributed by atoms with E-state index < -0.39 is 5.91 Å². The number of aromatic amines is 1. The van der Waals surface area contributed by atoms with Crippen molar-refractivity contribution in [3.8, 4) is 0 Å². The normalized spacial score (nSPS) is 22.2. The van der Waals surface area contributed by atoms with E-state index in [-0.39, 0.29) is 23.6 Å². The molecule has 5 heterocycles. The molecule has 7 nitrogen and oxygen atoms in total. The second-order valence-electron chi connectivity index (χ2n) is 10.1. The van der Waals surface area contributed by atoms with Crippen LogP contribution in [0.3, 0.4) is 0 Å². The van der Waals surface area contributed by atoms with Crippen molar-refractivity contribution in [2.75, 3.05) is 0 Å². The zero-order chi connectivity index (χ0) is 24.1. The highest BCUT2D eigenvalue weighted by Crippen LogP contribution is 2.39. The number of nitrogens with one attached hydrogen (secondary N) is 2. The molecule has 0 spiro atoms. The molecule has 2 saturated heterocycles. The summed E-state index contributed by atoms with van der Waals surface area (Å²) in [5.74, 6) is -0.0983. The standard InChI is InChI=1S/C27H28FN5O2/c1-16-8-20-5-6-21(9-16)33(20)15-19-10-17-11-22(28)18(12-23(17)30-19)14-29-27(35)24-13-26(34)32-7-3-2-4-25(32)31-24/h2-4,7,10-13,16,20-21,30H,5-6,8-9,14-15H2,1H3,(H,29,35)/t16?,20-,21+. The highest BCUT2D eigenvalue weighted by atomic mass is 19.1. The maximum atomic E-state index is 14.8. The van der Waals surface area contributed by atoms with E-state index in [4.69, 9.17) is 0 Å². The summed E-state index contributed by atoms with van der Waals surface area (Å²) < 4.78 is 16.2. The average Bonchev–Trinajstić information content (AvgIpc) is 3.33. The van der Waals surface area contributed by atoms with Gasteiger partial charge in [0.05, 0.1) is 0 Å². The Balaban J connectivity index is 1.18. The lowest BCUT2D eigenvalue weighted by Crippen LogP contribution is -2.41. The Kier molecular flexibility index (Phi) is 5.40. The average molecular weight is 474 g/mol. The molecule has 0 aliphatic carbocycles. The van der Waals surface area contributed by atoms with Gasteiger partial charge in [0.2, 0.25) is 0 Å². The van der Waals surface area contributed by atoms with E-state index in [0.717, 1.165) is 29.1 Å². The molecule has 6 rings (SSSR count). The number of aromatic nitrogens is 3. The Morgan fingerprint density at radius 1 is 1.17 bits per heavy atom. The number of piperidine rings is 1. The number of nitrogens with zero attached hydrogens (tertiary/aromatic N) is 3. The first-order valence-corrected chi connectivity index (χ1v) is 12.3. The van der Waals surface area contributed by atoms with Crippen LogP contribution in [0, 0.1) is 11.7 Å². The first-order valence-electron chi connectivity index (χ1n) is 12.3. The van der Waals surface area contributed by atoms with Crippen molar-refractivity contribution >= 4 is 22.5 Å². The molecule has 0 saturated carbocycles. The number of hydrogen-bond donors (Lipinski definition) is 2. The van der Waals surface area contributed by atoms with E-state index >= 15 is 0 Å². The summed E-state index contributed by atoms with van der Waals surface area (Å²) in [6.07, 6.45) is 6.65. The van der Waals surface area contributed by atoms with E-state index in [1.54, 1.807) is 30.5 Å². The van der Waals surface area contributed by atoms with Crippen LogP contribution in [-0.2, 0) is 13.1 Å². The van der Waals surface area contributed by atoms with Gasteiger partial charge in [-0.05, 0) is 61.9 Å². The predicted molar refractivity (Wildman–Crippen MR) is 132 cm³/mol. The molecule has 2 fully saturated rings. The minimum atomic E-state index is -0.519. The molecule has 2 aliphatic heterocycles. The van der Waals surface area contributed by atoms with Crippen molar-refractivity contribution in [3.05, 3.63) is 81.8 Å². The second-order valence-corrected chi connectivity index (χ2v) is 10.1. The largest absolute Gasteiger partial charge is 0.357 e. The van der Waals surface area contributed by atoms with Crippen LogP contribution in [0.15, 0.2) is 53.5 Å². The third-order valence-electron chi connectivity index (χ3n) is 7.56. The fourth-order valence-electron chi connectivity index (χ4n) is 5.92. The number of rotatable bonds is 5. The van der Waals surface area contributed by atoms with Gasteiger partial charge in [-0.15, -0.1) is 0 Å². The molecule has 3 aromatic heterocycles. The fourth-order valence-corrected chi connectivity index (χ4v) is 5.92. The van der Waals surface area contributed by atoms with Gasteiger partial charge in [-0.25, -0.2) is 9.37 Å². The smallest absolute Gasteiger partial charge is 0.270 e. The number of carbonyl (C=O) groups is 1. The Morgan fingerprint density at radius 2 is 1.97 bits per heavy atom. The quantitative estimate of drug-likeness (QED) is 0.459. The summed E-state index contributed by atoms with van der Waals surface area (Å²) in [4.78, 5) is 35.2. The predicted octanol–water partition coefficient (Wildman–Crippen LogP) is 4.01. The maximum Gasteiger partial charge on any atom is 0.270 e. The molecule has 1 aromatic carbocycles. The molecule has 2 aliphatic rings. The number of halogens is 1. The summed E-state index contributed by atoms with van der Waals surface area (Å²) in [5, 5.41) is 3.53. The van der Waals surface area contributed by atoms with E-state index in [1.165, 1.54) is 42.2 Å².